The molecule has 0 unspecified atom stereocenters. The number of methoxy groups -OCH3 is 1. The molecule has 0 radical (unpaired) electrons. The van der Waals surface area contributed by atoms with Crippen LogP contribution in [0.5, 0.6) is 5.75 Å². The highest BCUT2D eigenvalue weighted by Crippen LogP contribution is 2.19. The fourth-order valence-corrected chi connectivity index (χ4v) is 4.25. The molecular formula is C23H19N5O6S. The third-order valence-corrected chi connectivity index (χ3v) is 6.37. The minimum absolute atomic E-state index is 0.0576. The van der Waals surface area contributed by atoms with Crippen molar-refractivity contribution in [2.24, 2.45) is 0 Å². The molecule has 178 valence electrons. The second-order valence-corrected chi connectivity index (χ2v) is 8.90. The number of carbonyl (C=O) groups is 2. The van der Waals surface area contributed by atoms with Crippen LogP contribution < -0.4 is 25.9 Å². The summed E-state index contributed by atoms with van der Waals surface area (Å²) in [6.07, 6.45) is 0. The maximum atomic E-state index is 12.6. The van der Waals surface area contributed by atoms with Crippen molar-refractivity contribution in [3.8, 4) is 5.75 Å². The Labute approximate surface area is 199 Å². The SMILES string of the molecule is COc1ccc(NS(=O)(=O)c2ccc(C(=O)NNC(=O)c3n[nH]c(=O)c4ccccc34)cc2)cc1. The van der Waals surface area contributed by atoms with Gasteiger partial charge in [0.15, 0.2) is 5.69 Å². The van der Waals surface area contributed by atoms with Gasteiger partial charge in [-0.2, -0.15) is 5.10 Å². The summed E-state index contributed by atoms with van der Waals surface area (Å²) in [5, 5.41) is 6.59. The number of nitrogens with one attached hydrogen (secondary N) is 4. The Kier molecular flexibility index (Phi) is 6.46. The van der Waals surface area contributed by atoms with Crippen LogP contribution in [0.1, 0.15) is 20.8 Å². The van der Waals surface area contributed by atoms with Gasteiger partial charge in [-0.05, 0) is 54.6 Å². The average Bonchev–Trinajstić information content (AvgIpc) is 2.88. The molecule has 0 aliphatic rings. The van der Waals surface area contributed by atoms with Gasteiger partial charge in [0, 0.05) is 16.6 Å². The van der Waals surface area contributed by atoms with Crippen LogP contribution in [0.3, 0.4) is 0 Å². The smallest absolute Gasteiger partial charge is 0.290 e. The molecule has 0 saturated carbocycles. The number of hydrogen-bond donors (Lipinski definition) is 4. The van der Waals surface area contributed by atoms with E-state index in [0.29, 0.717) is 16.8 Å². The zero-order valence-corrected chi connectivity index (χ0v) is 19.0. The number of amides is 2. The van der Waals surface area contributed by atoms with Crippen molar-refractivity contribution in [1.82, 2.24) is 21.0 Å². The van der Waals surface area contributed by atoms with Gasteiger partial charge in [-0.1, -0.05) is 18.2 Å². The number of H-pyrrole nitrogens is 1. The summed E-state index contributed by atoms with van der Waals surface area (Å²) in [5.41, 5.74) is 4.40. The molecule has 0 aliphatic heterocycles. The second-order valence-electron chi connectivity index (χ2n) is 7.21. The Bertz CT molecular complexity index is 1570. The van der Waals surface area contributed by atoms with E-state index in [4.69, 9.17) is 4.74 Å². The molecule has 3 aromatic carbocycles. The quantitative estimate of drug-likeness (QED) is 0.298. The lowest BCUT2D eigenvalue weighted by Crippen LogP contribution is -2.42. The van der Waals surface area contributed by atoms with Crippen molar-refractivity contribution in [1.29, 1.82) is 0 Å². The van der Waals surface area contributed by atoms with Gasteiger partial charge in [-0.25, -0.2) is 13.5 Å². The van der Waals surface area contributed by atoms with Gasteiger partial charge >= 0.3 is 0 Å². The van der Waals surface area contributed by atoms with Crippen molar-refractivity contribution in [2.75, 3.05) is 11.8 Å². The lowest BCUT2D eigenvalue weighted by atomic mass is 10.1. The van der Waals surface area contributed by atoms with Gasteiger partial charge in [0.05, 0.1) is 17.4 Å². The van der Waals surface area contributed by atoms with E-state index in [-0.39, 0.29) is 21.5 Å². The first kappa shape index (κ1) is 23.4. The number of hydrogen-bond acceptors (Lipinski definition) is 7. The Morgan fingerprint density at radius 2 is 1.49 bits per heavy atom. The van der Waals surface area contributed by atoms with Gasteiger partial charge in [0.1, 0.15) is 5.75 Å². The van der Waals surface area contributed by atoms with Crippen molar-refractivity contribution >= 4 is 38.3 Å². The number of rotatable bonds is 6. The summed E-state index contributed by atoms with van der Waals surface area (Å²) < 4.78 is 32.7. The Balaban J connectivity index is 1.42. The summed E-state index contributed by atoms with van der Waals surface area (Å²) in [7, 11) is -2.39. The molecule has 0 atom stereocenters. The number of fused-ring (bicyclic) bond motifs is 1. The van der Waals surface area contributed by atoms with E-state index in [0.717, 1.165) is 0 Å². The highest BCUT2D eigenvalue weighted by Gasteiger charge is 2.17. The zero-order valence-electron chi connectivity index (χ0n) is 18.2. The van der Waals surface area contributed by atoms with E-state index in [1.807, 2.05) is 0 Å². The number of carbonyl (C=O) groups excluding carboxylic acids is 2. The molecule has 4 rings (SSSR count). The normalized spacial score (nSPS) is 11.0. The van der Waals surface area contributed by atoms with E-state index >= 15 is 0 Å². The largest absolute Gasteiger partial charge is 0.497 e. The first-order valence-corrected chi connectivity index (χ1v) is 11.6. The molecule has 4 aromatic rings. The lowest BCUT2D eigenvalue weighted by molar-refractivity contribution is 0.0844. The van der Waals surface area contributed by atoms with Gasteiger partial charge < -0.3 is 4.74 Å². The Morgan fingerprint density at radius 1 is 0.857 bits per heavy atom. The third-order valence-electron chi connectivity index (χ3n) is 4.97. The fourth-order valence-electron chi connectivity index (χ4n) is 3.19. The molecule has 35 heavy (non-hydrogen) atoms. The van der Waals surface area contributed by atoms with Gasteiger partial charge in [-0.15, -0.1) is 0 Å². The minimum Gasteiger partial charge on any atom is -0.497 e. The second kappa shape index (κ2) is 9.65. The summed E-state index contributed by atoms with van der Waals surface area (Å²) in [5.74, 6) is -0.840. The number of sulfonamides is 1. The van der Waals surface area contributed by atoms with Crippen LogP contribution in [-0.2, 0) is 10.0 Å². The van der Waals surface area contributed by atoms with Crippen molar-refractivity contribution < 1.29 is 22.7 Å². The third kappa shape index (κ3) is 5.12. The monoisotopic (exact) mass is 493 g/mol. The van der Waals surface area contributed by atoms with Crippen LogP contribution >= 0.6 is 0 Å². The molecule has 0 aliphatic carbocycles. The molecular weight excluding hydrogens is 474 g/mol. The first-order chi connectivity index (χ1) is 16.8. The molecule has 0 bridgehead atoms. The lowest BCUT2D eigenvalue weighted by Gasteiger charge is -2.10. The summed E-state index contributed by atoms with van der Waals surface area (Å²) in [6, 6.07) is 17.9. The number of nitrogens with zero attached hydrogens (tertiary/aromatic N) is 1. The molecule has 12 heteroatoms. The summed E-state index contributed by atoms with van der Waals surface area (Å²) in [4.78, 5) is 36.7. The Morgan fingerprint density at radius 3 is 2.14 bits per heavy atom. The minimum atomic E-state index is -3.89. The van der Waals surface area contributed by atoms with Crippen LogP contribution in [0.4, 0.5) is 5.69 Å². The van der Waals surface area contributed by atoms with E-state index in [1.165, 1.54) is 31.4 Å². The van der Waals surface area contributed by atoms with Crippen LogP contribution in [0.25, 0.3) is 10.8 Å². The number of anilines is 1. The molecule has 0 spiro atoms. The molecule has 1 heterocycles. The average molecular weight is 494 g/mol. The van der Waals surface area contributed by atoms with E-state index in [2.05, 4.69) is 25.8 Å². The summed E-state index contributed by atoms with van der Waals surface area (Å²) >= 11 is 0. The van der Waals surface area contributed by atoms with E-state index in [1.54, 1.807) is 48.5 Å². The standard InChI is InChI=1S/C23H19N5O6S/c1-34-16-10-8-15(9-11-16)28-35(32,33)17-12-6-14(7-13-17)21(29)25-27-23(31)20-18-4-2-3-5-19(18)22(30)26-24-20/h2-13,28H,1H3,(H,25,29)(H,26,30)(H,27,31). The molecule has 4 N–H and O–H groups in total. The van der Waals surface area contributed by atoms with Crippen molar-refractivity contribution in [2.45, 2.75) is 4.90 Å². The number of aromatic amines is 1. The molecule has 2 amide bonds. The number of aromatic nitrogens is 2. The molecule has 0 fully saturated rings. The van der Waals surface area contributed by atoms with Gasteiger partial charge in [0.2, 0.25) is 0 Å². The zero-order chi connectivity index (χ0) is 25.0. The van der Waals surface area contributed by atoms with Crippen molar-refractivity contribution in [3.63, 3.8) is 0 Å². The molecule has 11 nitrogen and oxygen atoms in total. The van der Waals surface area contributed by atoms with Crippen LogP contribution in [0, 0.1) is 0 Å². The highest BCUT2D eigenvalue weighted by atomic mass is 32.2. The van der Waals surface area contributed by atoms with Crippen molar-refractivity contribution in [3.05, 3.63) is 94.4 Å². The molecule has 0 saturated heterocycles. The van der Waals surface area contributed by atoms with E-state index < -0.39 is 27.4 Å². The maximum Gasteiger partial charge on any atom is 0.290 e. The number of hydrazine groups is 1. The van der Waals surface area contributed by atoms with Crippen LogP contribution in [0.2, 0.25) is 0 Å². The fraction of sp³-hybridized carbons (Fsp3) is 0.0435. The van der Waals surface area contributed by atoms with Crippen LogP contribution in [-0.4, -0.2) is 37.5 Å². The van der Waals surface area contributed by atoms with Crippen LogP contribution in [0.15, 0.2) is 82.5 Å². The predicted octanol–water partition coefficient (Wildman–Crippen LogP) is 1.81. The van der Waals surface area contributed by atoms with Gasteiger partial charge in [-0.3, -0.25) is 30.0 Å². The number of ether oxygens (including phenoxy) is 1. The number of benzene rings is 3. The predicted molar refractivity (Wildman–Crippen MR) is 128 cm³/mol. The van der Waals surface area contributed by atoms with Gasteiger partial charge in [0.25, 0.3) is 27.4 Å². The molecule has 1 aromatic heterocycles. The highest BCUT2D eigenvalue weighted by molar-refractivity contribution is 7.92. The first-order valence-electron chi connectivity index (χ1n) is 10.1. The summed E-state index contributed by atoms with van der Waals surface area (Å²) in [6.45, 7) is 0. The maximum absolute atomic E-state index is 12.6. The Hall–Kier alpha value is -4.71. The van der Waals surface area contributed by atoms with E-state index in [9.17, 15) is 22.8 Å². The topological polar surface area (TPSA) is 159 Å².